The molecule has 0 saturated heterocycles. The second-order valence-electron chi connectivity index (χ2n) is 10.5. The van der Waals surface area contributed by atoms with Crippen LogP contribution in [0, 0.1) is 0 Å². The first-order chi connectivity index (χ1) is 20.5. The van der Waals surface area contributed by atoms with Gasteiger partial charge >= 0.3 is 18.1 Å². The largest absolute Gasteiger partial charge is 0.509 e. The summed E-state index contributed by atoms with van der Waals surface area (Å²) in [6.07, 6.45) is 9.33. The first-order valence-corrected chi connectivity index (χ1v) is 15.9. The zero-order valence-electron chi connectivity index (χ0n) is 26.0. The van der Waals surface area contributed by atoms with Gasteiger partial charge in [-0.15, -0.1) is 0 Å². The van der Waals surface area contributed by atoms with Gasteiger partial charge in [0.05, 0.1) is 24.3 Å². The molecular formula is C35H50O7. The maximum atomic E-state index is 13.4. The fraction of sp³-hybridized carbons (Fsp3) is 0.571. The molecule has 0 aliphatic heterocycles. The quantitative estimate of drug-likeness (QED) is 0.0872. The standard InChI is InChI=1S/C35H50O7/c1-5-9-11-13-15-25-31(27-21-17-19-23-29(27)33(36)39-7-3)41-35(38)42-32(26-16-14-12-10-6-2)28-22-18-20-24-30(28)34(37)40-8-4/h17-24,31-32H,5-16,25-26H2,1-4H3. The van der Waals surface area contributed by atoms with E-state index in [0.717, 1.165) is 64.2 Å². The maximum Gasteiger partial charge on any atom is 0.509 e. The maximum absolute atomic E-state index is 13.4. The molecule has 0 radical (unpaired) electrons. The van der Waals surface area contributed by atoms with E-state index < -0.39 is 30.3 Å². The molecule has 232 valence electrons. The summed E-state index contributed by atoms with van der Waals surface area (Å²) in [5.41, 5.74) is 1.97. The van der Waals surface area contributed by atoms with Crippen LogP contribution in [0.4, 0.5) is 4.79 Å². The number of ether oxygens (including phenoxy) is 4. The molecule has 0 aromatic heterocycles. The van der Waals surface area contributed by atoms with Crippen molar-refractivity contribution >= 4 is 18.1 Å². The number of carbonyl (C=O) groups is 3. The number of esters is 2. The van der Waals surface area contributed by atoms with Gasteiger partial charge in [0.25, 0.3) is 0 Å². The third-order valence-corrected chi connectivity index (χ3v) is 7.22. The first kappa shape index (κ1) is 34.8. The second-order valence-corrected chi connectivity index (χ2v) is 10.5. The van der Waals surface area contributed by atoms with Gasteiger partial charge in [-0.3, -0.25) is 0 Å². The van der Waals surface area contributed by atoms with E-state index in [2.05, 4.69) is 13.8 Å². The molecule has 0 bridgehead atoms. The monoisotopic (exact) mass is 582 g/mol. The van der Waals surface area contributed by atoms with Gasteiger partial charge in [0.15, 0.2) is 0 Å². The number of rotatable bonds is 20. The first-order valence-electron chi connectivity index (χ1n) is 15.9. The van der Waals surface area contributed by atoms with Crippen LogP contribution in [-0.2, 0) is 18.9 Å². The van der Waals surface area contributed by atoms with E-state index in [9.17, 15) is 14.4 Å². The van der Waals surface area contributed by atoms with Gasteiger partial charge in [0.1, 0.15) is 12.2 Å². The molecule has 2 atom stereocenters. The van der Waals surface area contributed by atoms with E-state index in [1.807, 2.05) is 12.1 Å². The van der Waals surface area contributed by atoms with Crippen LogP contribution in [0.5, 0.6) is 0 Å². The van der Waals surface area contributed by atoms with E-state index >= 15 is 0 Å². The van der Waals surface area contributed by atoms with Crippen molar-refractivity contribution in [3.8, 4) is 0 Å². The van der Waals surface area contributed by atoms with Gasteiger partial charge in [-0.2, -0.15) is 0 Å². The molecule has 0 amide bonds. The van der Waals surface area contributed by atoms with Crippen LogP contribution < -0.4 is 0 Å². The van der Waals surface area contributed by atoms with Crippen LogP contribution in [0.25, 0.3) is 0 Å². The zero-order chi connectivity index (χ0) is 30.6. The fourth-order valence-corrected chi connectivity index (χ4v) is 5.03. The van der Waals surface area contributed by atoms with Crippen molar-refractivity contribution in [3.05, 3.63) is 70.8 Å². The Hall–Kier alpha value is -3.35. The highest BCUT2D eigenvalue weighted by molar-refractivity contribution is 5.92. The highest BCUT2D eigenvalue weighted by atomic mass is 16.7. The van der Waals surface area contributed by atoms with Crippen molar-refractivity contribution in [1.82, 2.24) is 0 Å². The van der Waals surface area contributed by atoms with Crippen LogP contribution in [0.15, 0.2) is 48.5 Å². The average molecular weight is 583 g/mol. The molecular weight excluding hydrogens is 532 g/mol. The molecule has 0 spiro atoms. The highest BCUT2D eigenvalue weighted by Gasteiger charge is 2.28. The molecule has 42 heavy (non-hydrogen) atoms. The van der Waals surface area contributed by atoms with Gasteiger partial charge in [0, 0.05) is 11.1 Å². The Balaban J connectivity index is 2.31. The normalized spacial score (nSPS) is 12.3. The lowest BCUT2D eigenvalue weighted by Crippen LogP contribution is -2.20. The van der Waals surface area contributed by atoms with Crippen molar-refractivity contribution in [2.24, 2.45) is 0 Å². The Bertz CT molecular complexity index is 997. The fourth-order valence-electron chi connectivity index (χ4n) is 5.03. The summed E-state index contributed by atoms with van der Waals surface area (Å²) in [5, 5.41) is 0. The van der Waals surface area contributed by atoms with Crippen LogP contribution in [0.1, 0.15) is 149 Å². The lowest BCUT2D eigenvalue weighted by atomic mass is 9.97. The number of hydrogen-bond acceptors (Lipinski definition) is 7. The summed E-state index contributed by atoms with van der Waals surface area (Å²) in [6, 6.07) is 14.2. The number of unbranched alkanes of at least 4 members (excludes halogenated alkanes) is 8. The molecule has 7 nitrogen and oxygen atoms in total. The molecule has 7 heteroatoms. The third kappa shape index (κ3) is 11.9. The van der Waals surface area contributed by atoms with Crippen molar-refractivity contribution < 1.29 is 33.3 Å². The molecule has 2 rings (SSSR count). The van der Waals surface area contributed by atoms with E-state index in [1.54, 1.807) is 50.2 Å². The van der Waals surface area contributed by atoms with Crippen LogP contribution in [-0.4, -0.2) is 31.3 Å². The van der Waals surface area contributed by atoms with E-state index in [0.29, 0.717) is 35.1 Å². The Morgan fingerprint density at radius 3 is 1.31 bits per heavy atom. The predicted octanol–water partition coefficient (Wildman–Crippen LogP) is 9.70. The molecule has 2 aromatic carbocycles. The van der Waals surface area contributed by atoms with Gasteiger partial charge in [-0.05, 0) is 51.7 Å². The van der Waals surface area contributed by atoms with Gasteiger partial charge in [0.2, 0.25) is 0 Å². The summed E-state index contributed by atoms with van der Waals surface area (Å²) < 4.78 is 22.5. The van der Waals surface area contributed by atoms with Gasteiger partial charge in [-0.1, -0.05) is 102 Å². The Morgan fingerprint density at radius 1 is 0.548 bits per heavy atom. The zero-order valence-corrected chi connectivity index (χ0v) is 26.0. The van der Waals surface area contributed by atoms with Gasteiger partial charge in [-0.25, -0.2) is 14.4 Å². The Labute approximate surface area is 252 Å². The molecule has 0 aliphatic rings. The third-order valence-electron chi connectivity index (χ3n) is 7.22. The Kier molecular flexibility index (Phi) is 17.0. The molecule has 0 aliphatic carbocycles. The van der Waals surface area contributed by atoms with E-state index in [4.69, 9.17) is 18.9 Å². The predicted molar refractivity (Wildman–Crippen MR) is 165 cm³/mol. The van der Waals surface area contributed by atoms with Crippen molar-refractivity contribution in [1.29, 1.82) is 0 Å². The van der Waals surface area contributed by atoms with Crippen LogP contribution >= 0.6 is 0 Å². The molecule has 2 aromatic rings. The summed E-state index contributed by atoms with van der Waals surface area (Å²) in [4.78, 5) is 38.9. The topological polar surface area (TPSA) is 88.1 Å². The molecule has 0 heterocycles. The van der Waals surface area contributed by atoms with Crippen LogP contribution in [0.2, 0.25) is 0 Å². The average Bonchev–Trinajstić information content (AvgIpc) is 3.00. The number of hydrogen-bond donors (Lipinski definition) is 0. The van der Waals surface area contributed by atoms with E-state index in [1.165, 1.54) is 0 Å². The molecule has 2 unspecified atom stereocenters. The smallest absolute Gasteiger partial charge is 0.462 e. The second kappa shape index (κ2) is 20.5. The Morgan fingerprint density at radius 2 is 0.929 bits per heavy atom. The van der Waals surface area contributed by atoms with E-state index in [-0.39, 0.29) is 13.2 Å². The lowest BCUT2D eigenvalue weighted by Gasteiger charge is -2.24. The van der Waals surface area contributed by atoms with Crippen LogP contribution in [0.3, 0.4) is 0 Å². The van der Waals surface area contributed by atoms with Crippen molar-refractivity contribution in [2.45, 2.75) is 117 Å². The SMILES string of the molecule is CCCCCCCC(OC(=O)OC(CCCCCCC)c1ccccc1C(=O)OCC)c1ccccc1C(=O)OCC. The van der Waals surface area contributed by atoms with Gasteiger partial charge < -0.3 is 18.9 Å². The van der Waals surface area contributed by atoms with Crippen molar-refractivity contribution in [3.63, 3.8) is 0 Å². The number of benzene rings is 2. The lowest BCUT2D eigenvalue weighted by molar-refractivity contribution is -0.00973. The molecule has 0 saturated carbocycles. The highest BCUT2D eigenvalue weighted by Crippen LogP contribution is 2.32. The minimum atomic E-state index is -0.829. The molecule has 0 fully saturated rings. The summed E-state index contributed by atoms with van der Waals surface area (Å²) in [7, 11) is 0. The number of carbonyl (C=O) groups excluding carboxylic acids is 3. The van der Waals surface area contributed by atoms with Crippen molar-refractivity contribution in [2.75, 3.05) is 13.2 Å². The summed E-state index contributed by atoms with van der Waals surface area (Å²) in [6.45, 7) is 8.34. The summed E-state index contributed by atoms with van der Waals surface area (Å²) in [5.74, 6) is -0.899. The minimum Gasteiger partial charge on any atom is -0.462 e. The summed E-state index contributed by atoms with van der Waals surface area (Å²) >= 11 is 0. The molecule has 0 N–H and O–H groups in total. The minimum absolute atomic E-state index is 0.248.